The maximum Gasteiger partial charge on any atom is 0.0619 e. The summed E-state index contributed by atoms with van der Waals surface area (Å²) in [6.07, 6.45) is 8.87. The van der Waals surface area contributed by atoms with Gasteiger partial charge in [0.15, 0.2) is 0 Å². The van der Waals surface area contributed by atoms with E-state index < -0.39 is 0 Å². The van der Waals surface area contributed by atoms with Crippen molar-refractivity contribution < 1.29 is 0 Å². The van der Waals surface area contributed by atoms with Gasteiger partial charge in [-0.2, -0.15) is 0 Å². The van der Waals surface area contributed by atoms with Crippen LogP contribution in [-0.2, 0) is 0 Å². The average molecular weight is 425 g/mol. The molecule has 0 bridgehead atoms. The van der Waals surface area contributed by atoms with Crippen LogP contribution in [0.2, 0.25) is 0 Å². The van der Waals surface area contributed by atoms with Crippen LogP contribution in [0.5, 0.6) is 0 Å². The Labute approximate surface area is 177 Å². The van der Waals surface area contributed by atoms with E-state index in [1.54, 1.807) is 22.3 Å². The van der Waals surface area contributed by atoms with Crippen LogP contribution in [0.1, 0.15) is 42.9 Å². The zero-order chi connectivity index (χ0) is 18.2. The molecule has 0 radical (unpaired) electrons. The summed E-state index contributed by atoms with van der Waals surface area (Å²) in [6, 6.07) is 8.91. The molecule has 2 unspecified atom stereocenters. The Morgan fingerprint density at radius 1 is 0.741 bits per heavy atom. The molecule has 6 rings (SSSR count). The molecule has 2 aliphatic heterocycles. The Bertz CT molecular complexity index is 976. The minimum absolute atomic E-state index is 0.102. The number of hydrogen-bond donors (Lipinski definition) is 0. The Morgan fingerprint density at radius 3 is 1.63 bits per heavy atom. The van der Waals surface area contributed by atoms with E-state index in [9.17, 15) is 0 Å². The number of hydrogen-bond acceptors (Lipinski definition) is 4. The van der Waals surface area contributed by atoms with Crippen LogP contribution in [0.3, 0.4) is 0 Å². The van der Waals surface area contributed by atoms with E-state index in [1.165, 1.54) is 38.8 Å². The molecule has 136 valence electrons. The second-order valence-electron chi connectivity index (χ2n) is 7.88. The van der Waals surface area contributed by atoms with Crippen molar-refractivity contribution >= 4 is 56.0 Å². The molecular weight excluding hydrogens is 405 g/mol. The van der Waals surface area contributed by atoms with Gasteiger partial charge in [-0.25, -0.2) is 0 Å². The van der Waals surface area contributed by atoms with Gasteiger partial charge >= 0.3 is 0 Å². The van der Waals surface area contributed by atoms with Crippen molar-refractivity contribution in [3.8, 4) is 0 Å². The van der Waals surface area contributed by atoms with Gasteiger partial charge < -0.3 is 0 Å². The third-order valence-corrected chi connectivity index (χ3v) is 11.9. The van der Waals surface area contributed by atoms with Crippen LogP contribution in [-0.4, -0.2) is 9.49 Å². The summed E-state index contributed by atoms with van der Waals surface area (Å²) in [5.41, 5.74) is 6.55. The van der Waals surface area contributed by atoms with E-state index in [4.69, 9.17) is 0 Å². The average Bonchev–Trinajstić information content (AvgIpc) is 3.43. The van der Waals surface area contributed by atoms with E-state index in [0.29, 0.717) is 0 Å². The van der Waals surface area contributed by atoms with Gasteiger partial charge in [0.1, 0.15) is 0 Å². The van der Waals surface area contributed by atoms with Crippen molar-refractivity contribution in [1.82, 2.24) is 0 Å². The predicted molar refractivity (Wildman–Crippen MR) is 124 cm³/mol. The third-order valence-electron chi connectivity index (χ3n) is 6.51. The van der Waals surface area contributed by atoms with E-state index in [0.717, 1.165) is 0 Å². The van der Waals surface area contributed by atoms with Crippen molar-refractivity contribution in [2.45, 2.75) is 42.6 Å². The van der Waals surface area contributed by atoms with Gasteiger partial charge in [-0.15, -0.1) is 46.2 Å². The first-order valence-corrected chi connectivity index (χ1v) is 12.9. The molecule has 0 N–H and O–H groups in total. The molecule has 0 spiro atoms. The lowest BCUT2D eigenvalue weighted by Gasteiger charge is -2.47. The Hall–Kier alpha value is -0.940. The fourth-order valence-corrected chi connectivity index (χ4v) is 9.85. The smallest absolute Gasteiger partial charge is 0.0619 e. The molecule has 4 heterocycles. The van der Waals surface area contributed by atoms with Crippen molar-refractivity contribution in [1.29, 1.82) is 0 Å². The van der Waals surface area contributed by atoms with Crippen molar-refractivity contribution in [2.24, 2.45) is 0 Å². The summed E-state index contributed by atoms with van der Waals surface area (Å²) in [5, 5.41) is 4.40. The molecule has 2 aliphatic carbocycles. The molecular formula is C23H20S4. The molecule has 1 saturated carbocycles. The van der Waals surface area contributed by atoms with Crippen LogP contribution < -0.4 is 0 Å². The summed E-state index contributed by atoms with van der Waals surface area (Å²) in [5.74, 6) is 0. The fourth-order valence-electron chi connectivity index (χ4n) is 5.02. The van der Waals surface area contributed by atoms with Crippen LogP contribution in [0.4, 0.5) is 0 Å². The van der Waals surface area contributed by atoms with E-state index in [2.05, 4.69) is 84.5 Å². The first-order valence-electron chi connectivity index (χ1n) is 9.47. The molecule has 2 aromatic rings. The monoisotopic (exact) mass is 424 g/mol. The van der Waals surface area contributed by atoms with Gasteiger partial charge in [-0.05, 0) is 90.4 Å². The zero-order valence-electron chi connectivity index (χ0n) is 15.4. The highest BCUT2D eigenvalue weighted by molar-refractivity contribution is 8.14. The maximum atomic E-state index is 2.53. The highest BCUT2D eigenvalue weighted by Gasteiger charge is 2.59. The van der Waals surface area contributed by atoms with Gasteiger partial charge in [0.2, 0.25) is 0 Å². The van der Waals surface area contributed by atoms with Crippen LogP contribution >= 0.6 is 46.2 Å². The van der Waals surface area contributed by atoms with Gasteiger partial charge in [0.05, 0.1) is 9.49 Å². The van der Waals surface area contributed by atoms with Crippen molar-refractivity contribution in [3.63, 3.8) is 0 Å². The molecule has 4 heteroatoms. The fraction of sp³-hybridized carbons (Fsp3) is 0.304. The number of thiophene rings is 2. The summed E-state index contributed by atoms with van der Waals surface area (Å²) in [4.78, 5) is 5.77. The van der Waals surface area contributed by atoms with Crippen LogP contribution in [0.25, 0.3) is 9.81 Å². The third kappa shape index (κ3) is 2.19. The highest BCUT2D eigenvalue weighted by Crippen LogP contribution is 2.70. The quantitative estimate of drug-likeness (QED) is 0.479. The topological polar surface area (TPSA) is 0 Å². The molecule has 0 saturated heterocycles. The van der Waals surface area contributed by atoms with Gasteiger partial charge in [0.25, 0.3) is 0 Å². The lowest BCUT2D eigenvalue weighted by Crippen LogP contribution is -2.47. The lowest BCUT2D eigenvalue weighted by molar-refractivity contribution is 0.607. The second kappa shape index (κ2) is 5.79. The van der Waals surface area contributed by atoms with Gasteiger partial charge in [0, 0.05) is 19.6 Å². The minimum atomic E-state index is 0.102. The summed E-state index contributed by atoms with van der Waals surface area (Å²) < 4.78 is 0.204. The Balaban J connectivity index is 1.55. The van der Waals surface area contributed by atoms with Gasteiger partial charge in [-0.3, -0.25) is 0 Å². The molecule has 1 fully saturated rings. The molecule has 2 aromatic heterocycles. The van der Waals surface area contributed by atoms with E-state index in [-0.39, 0.29) is 9.49 Å². The van der Waals surface area contributed by atoms with Crippen molar-refractivity contribution in [3.05, 3.63) is 79.2 Å². The molecule has 0 amide bonds. The predicted octanol–water partition coefficient (Wildman–Crippen LogP) is 7.99. The second-order valence-corrected chi connectivity index (χ2v) is 12.7. The van der Waals surface area contributed by atoms with E-state index >= 15 is 0 Å². The number of fused-ring (bicyclic) bond motifs is 4. The summed E-state index contributed by atoms with van der Waals surface area (Å²) >= 11 is 7.95. The first-order chi connectivity index (χ1) is 13.1. The largest absolute Gasteiger partial charge is 0.143 e. The zero-order valence-corrected chi connectivity index (χ0v) is 18.6. The Kier molecular flexibility index (Phi) is 3.64. The molecule has 0 aromatic carbocycles. The Morgan fingerprint density at radius 2 is 1.22 bits per heavy atom. The minimum Gasteiger partial charge on any atom is -0.143 e. The number of thioether (sulfide) groups is 2. The van der Waals surface area contributed by atoms with Crippen molar-refractivity contribution in [2.75, 3.05) is 0 Å². The normalized spacial score (nSPS) is 31.8. The van der Waals surface area contributed by atoms with Crippen LogP contribution in [0, 0.1) is 0 Å². The number of rotatable bonds is 2. The lowest BCUT2D eigenvalue weighted by atomic mass is 9.72. The SMILES string of the molecule is CC12SC(c3cccs3)=CC1=C1CCCC1=C1C=C(c3cccs3)SC12C. The molecule has 27 heavy (non-hydrogen) atoms. The van der Waals surface area contributed by atoms with Crippen LogP contribution in [0.15, 0.2) is 69.5 Å². The standard InChI is InChI=1S/C23H20S4/c1-22-16(12-20(26-22)18-8-4-10-24-18)14-6-3-7-15(14)17-13-21(27-23(17,22)2)19-9-5-11-25-19/h4-5,8-13H,3,6-7H2,1-2H3. The summed E-state index contributed by atoms with van der Waals surface area (Å²) in [7, 11) is 0. The number of allylic oxidation sites excluding steroid dienone is 4. The molecule has 2 atom stereocenters. The first kappa shape index (κ1) is 17.0. The van der Waals surface area contributed by atoms with E-state index in [1.807, 2.05) is 22.7 Å². The maximum absolute atomic E-state index is 2.53. The molecule has 0 nitrogen and oxygen atoms in total. The highest BCUT2D eigenvalue weighted by atomic mass is 32.2. The van der Waals surface area contributed by atoms with Gasteiger partial charge in [-0.1, -0.05) is 12.1 Å². The summed E-state index contributed by atoms with van der Waals surface area (Å²) in [6.45, 7) is 5.01. The molecule has 4 aliphatic rings.